The van der Waals surface area contributed by atoms with Gasteiger partial charge in [0.1, 0.15) is 5.82 Å². The Labute approximate surface area is 127 Å². The summed E-state index contributed by atoms with van der Waals surface area (Å²) in [7, 11) is 0. The van der Waals surface area contributed by atoms with Crippen LogP contribution in [0.25, 0.3) is 0 Å². The normalized spacial score (nSPS) is 20.5. The largest absolute Gasteiger partial charge is 0.381 e. The van der Waals surface area contributed by atoms with E-state index in [1.165, 1.54) is 12.1 Å². The fraction of sp³-hybridized carbons (Fsp3) is 0.429. The minimum atomic E-state index is -0.880. The van der Waals surface area contributed by atoms with Gasteiger partial charge in [-0.25, -0.2) is 14.0 Å². The molecule has 0 bridgehead atoms. The van der Waals surface area contributed by atoms with E-state index in [2.05, 4.69) is 16.0 Å². The van der Waals surface area contributed by atoms with Crippen LogP contribution < -0.4 is 21.7 Å². The van der Waals surface area contributed by atoms with Crippen LogP contribution >= 0.6 is 0 Å². The number of benzene rings is 1. The number of nitrogens with one attached hydrogen (secondary N) is 3. The van der Waals surface area contributed by atoms with Gasteiger partial charge in [-0.05, 0) is 24.6 Å². The molecule has 0 radical (unpaired) electrons. The molecule has 0 unspecified atom stereocenters. The summed E-state index contributed by atoms with van der Waals surface area (Å²) in [5, 5.41) is 7.47. The molecule has 7 nitrogen and oxygen atoms in total. The van der Waals surface area contributed by atoms with E-state index in [4.69, 9.17) is 10.5 Å². The molecule has 1 saturated heterocycles. The Morgan fingerprint density at radius 1 is 1.41 bits per heavy atom. The molecule has 1 aromatic carbocycles. The standard InChI is InChI=1S/C14H19FN4O3/c1-14(4-5-22-8-14)7-17-13(21)18-9-2-3-10(15)11(6-9)19-12(16)20/h2-3,6H,4-5,7-8H2,1H3,(H3,16,19,20)(H2,17,18,21)/t14-/m0/s1. The molecule has 8 heteroatoms. The van der Waals surface area contributed by atoms with E-state index >= 15 is 0 Å². The number of urea groups is 2. The van der Waals surface area contributed by atoms with Crippen molar-refractivity contribution in [3.05, 3.63) is 24.0 Å². The topological polar surface area (TPSA) is 105 Å². The van der Waals surface area contributed by atoms with Crippen molar-refractivity contribution in [2.75, 3.05) is 30.4 Å². The zero-order valence-corrected chi connectivity index (χ0v) is 12.2. The highest BCUT2D eigenvalue weighted by atomic mass is 19.1. The Morgan fingerprint density at radius 2 is 2.18 bits per heavy atom. The average molecular weight is 310 g/mol. The van der Waals surface area contributed by atoms with E-state index in [1.807, 2.05) is 6.92 Å². The highest BCUT2D eigenvalue weighted by molar-refractivity contribution is 5.92. The molecule has 0 saturated carbocycles. The van der Waals surface area contributed by atoms with E-state index in [9.17, 15) is 14.0 Å². The van der Waals surface area contributed by atoms with E-state index in [0.717, 1.165) is 12.5 Å². The SMILES string of the molecule is C[C@@]1(CNC(=O)Nc2ccc(F)c(NC(N)=O)c2)CCOC1. The lowest BCUT2D eigenvalue weighted by Crippen LogP contribution is -2.38. The predicted octanol–water partition coefficient (Wildman–Crippen LogP) is 1.86. The van der Waals surface area contributed by atoms with Crippen LogP contribution in [0.5, 0.6) is 0 Å². The molecule has 1 aliphatic rings. The minimum Gasteiger partial charge on any atom is -0.381 e. The Morgan fingerprint density at radius 3 is 2.82 bits per heavy atom. The first-order valence-corrected chi connectivity index (χ1v) is 6.87. The third-order valence-corrected chi connectivity index (χ3v) is 3.46. The fourth-order valence-electron chi connectivity index (χ4n) is 2.15. The fourth-order valence-corrected chi connectivity index (χ4v) is 2.15. The second-order valence-electron chi connectivity index (χ2n) is 5.60. The van der Waals surface area contributed by atoms with Crippen LogP contribution in [0.2, 0.25) is 0 Å². The van der Waals surface area contributed by atoms with Crippen LogP contribution in [-0.2, 0) is 4.74 Å². The molecule has 4 amide bonds. The van der Waals surface area contributed by atoms with Crippen molar-refractivity contribution in [2.45, 2.75) is 13.3 Å². The number of halogens is 1. The Bertz CT molecular complexity index is 573. The van der Waals surface area contributed by atoms with Gasteiger partial charge in [0.2, 0.25) is 0 Å². The zero-order chi connectivity index (χ0) is 16.2. The maximum absolute atomic E-state index is 13.5. The van der Waals surface area contributed by atoms with Crippen molar-refractivity contribution in [2.24, 2.45) is 11.1 Å². The zero-order valence-electron chi connectivity index (χ0n) is 12.2. The molecule has 120 valence electrons. The lowest BCUT2D eigenvalue weighted by molar-refractivity contribution is 0.159. The predicted molar refractivity (Wildman–Crippen MR) is 80.2 cm³/mol. The number of hydrogen-bond donors (Lipinski definition) is 4. The Balaban J connectivity index is 1.92. The molecule has 1 fully saturated rings. The van der Waals surface area contributed by atoms with E-state index < -0.39 is 17.9 Å². The smallest absolute Gasteiger partial charge is 0.319 e. The van der Waals surface area contributed by atoms with Crippen LogP contribution in [-0.4, -0.2) is 31.8 Å². The van der Waals surface area contributed by atoms with Gasteiger partial charge in [0, 0.05) is 24.3 Å². The molecular formula is C14H19FN4O3. The van der Waals surface area contributed by atoms with Crippen LogP contribution in [0.1, 0.15) is 13.3 Å². The van der Waals surface area contributed by atoms with Crippen LogP contribution in [0, 0.1) is 11.2 Å². The van der Waals surface area contributed by atoms with Gasteiger partial charge in [0.05, 0.1) is 12.3 Å². The van der Waals surface area contributed by atoms with Gasteiger partial charge < -0.3 is 26.4 Å². The van der Waals surface area contributed by atoms with Gasteiger partial charge in [0.25, 0.3) is 0 Å². The number of carbonyl (C=O) groups is 2. The number of carbonyl (C=O) groups excluding carboxylic acids is 2. The molecule has 1 atom stereocenters. The number of ether oxygens (including phenoxy) is 1. The van der Waals surface area contributed by atoms with Crippen molar-refractivity contribution >= 4 is 23.4 Å². The molecule has 22 heavy (non-hydrogen) atoms. The van der Waals surface area contributed by atoms with E-state index in [-0.39, 0.29) is 11.1 Å². The van der Waals surface area contributed by atoms with Gasteiger partial charge in [-0.3, -0.25) is 0 Å². The summed E-state index contributed by atoms with van der Waals surface area (Å²) in [6, 6.07) is 2.52. The first-order valence-electron chi connectivity index (χ1n) is 6.87. The Kier molecular flexibility index (Phi) is 4.81. The molecule has 1 aliphatic heterocycles. The van der Waals surface area contributed by atoms with Crippen molar-refractivity contribution in [3.63, 3.8) is 0 Å². The summed E-state index contributed by atoms with van der Waals surface area (Å²) in [5.74, 6) is -0.639. The molecule has 0 spiro atoms. The number of amides is 4. The molecule has 2 rings (SSSR count). The summed E-state index contributed by atoms with van der Waals surface area (Å²) in [6.07, 6.45) is 0.885. The lowest BCUT2D eigenvalue weighted by atomic mass is 9.90. The first-order chi connectivity index (χ1) is 10.4. The molecule has 1 aromatic rings. The quantitative estimate of drug-likeness (QED) is 0.682. The van der Waals surface area contributed by atoms with E-state index in [1.54, 1.807) is 0 Å². The highest BCUT2D eigenvalue weighted by Gasteiger charge is 2.29. The molecule has 1 heterocycles. The minimum absolute atomic E-state index is 0.0706. The monoisotopic (exact) mass is 310 g/mol. The highest BCUT2D eigenvalue weighted by Crippen LogP contribution is 2.26. The van der Waals surface area contributed by atoms with Crippen LogP contribution in [0.4, 0.5) is 25.4 Å². The number of hydrogen-bond acceptors (Lipinski definition) is 3. The van der Waals surface area contributed by atoms with Crippen LogP contribution in [0.3, 0.4) is 0 Å². The Hall–Kier alpha value is -2.35. The van der Waals surface area contributed by atoms with Gasteiger partial charge >= 0.3 is 12.1 Å². The van der Waals surface area contributed by atoms with Crippen molar-refractivity contribution in [1.82, 2.24) is 5.32 Å². The number of primary amides is 1. The second-order valence-corrected chi connectivity index (χ2v) is 5.60. The van der Waals surface area contributed by atoms with E-state index in [0.29, 0.717) is 25.4 Å². The molecule has 0 aliphatic carbocycles. The van der Waals surface area contributed by atoms with Crippen molar-refractivity contribution < 1.29 is 18.7 Å². The number of anilines is 2. The maximum atomic E-state index is 13.5. The van der Waals surface area contributed by atoms with Crippen molar-refractivity contribution in [1.29, 1.82) is 0 Å². The van der Waals surface area contributed by atoms with Gasteiger partial charge in [-0.1, -0.05) is 6.92 Å². The summed E-state index contributed by atoms with van der Waals surface area (Å²) in [5.41, 5.74) is 5.13. The third kappa shape index (κ3) is 4.32. The maximum Gasteiger partial charge on any atom is 0.319 e. The van der Waals surface area contributed by atoms with Crippen LogP contribution in [0.15, 0.2) is 18.2 Å². The number of rotatable bonds is 4. The second kappa shape index (κ2) is 6.61. The third-order valence-electron chi connectivity index (χ3n) is 3.46. The summed E-state index contributed by atoms with van der Waals surface area (Å²) in [6.45, 7) is 3.82. The molecule has 5 N–H and O–H groups in total. The van der Waals surface area contributed by atoms with Gasteiger partial charge in [0.15, 0.2) is 0 Å². The summed E-state index contributed by atoms with van der Waals surface area (Å²) < 4.78 is 18.8. The molecular weight excluding hydrogens is 291 g/mol. The summed E-state index contributed by atoms with van der Waals surface area (Å²) in [4.78, 5) is 22.6. The first kappa shape index (κ1) is 16.0. The van der Waals surface area contributed by atoms with Gasteiger partial charge in [-0.15, -0.1) is 0 Å². The average Bonchev–Trinajstić information content (AvgIpc) is 2.87. The van der Waals surface area contributed by atoms with Gasteiger partial charge in [-0.2, -0.15) is 0 Å². The van der Waals surface area contributed by atoms with Crippen molar-refractivity contribution in [3.8, 4) is 0 Å². The number of nitrogens with two attached hydrogens (primary N) is 1. The summed E-state index contributed by atoms with van der Waals surface area (Å²) >= 11 is 0. The molecule has 0 aromatic heterocycles. The lowest BCUT2D eigenvalue weighted by Gasteiger charge is -2.22.